The first-order valence-corrected chi connectivity index (χ1v) is 15.8. The van der Waals surface area contributed by atoms with Gasteiger partial charge in [-0.2, -0.15) is 0 Å². The summed E-state index contributed by atoms with van der Waals surface area (Å²) in [6, 6.07) is 51.2. The second kappa shape index (κ2) is 10.5. The zero-order valence-corrected chi connectivity index (χ0v) is 25.0. The number of rotatable bonds is 4. The summed E-state index contributed by atoms with van der Waals surface area (Å²) in [7, 11) is 0. The minimum atomic E-state index is 0.923. The minimum absolute atomic E-state index is 0.923. The first-order chi connectivity index (χ1) is 22.3. The molecule has 0 atom stereocenters. The molecule has 5 aromatic carbocycles. The van der Waals surface area contributed by atoms with Gasteiger partial charge < -0.3 is 0 Å². The largest absolute Gasteiger partial charge is 0.256 e. The summed E-state index contributed by atoms with van der Waals surface area (Å²) < 4.78 is 2.55. The van der Waals surface area contributed by atoms with Gasteiger partial charge in [0.1, 0.15) is 0 Å². The van der Waals surface area contributed by atoms with E-state index in [0.29, 0.717) is 0 Å². The van der Waals surface area contributed by atoms with Gasteiger partial charge in [0.15, 0.2) is 0 Å². The van der Waals surface area contributed by atoms with E-state index in [4.69, 9.17) is 9.97 Å². The van der Waals surface area contributed by atoms with Crippen LogP contribution in [0.4, 0.5) is 0 Å². The van der Waals surface area contributed by atoms with Gasteiger partial charge in [0.05, 0.1) is 28.1 Å². The van der Waals surface area contributed by atoms with Gasteiger partial charge in [-0.05, 0) is 53.6 Å². The Morgan fingerprint density at radius 3 is 1.80 bits per heavy atom. The minimum Gasteiger partial charge on any atom is -0.256 e. The highest BCUT2D eigenvalue weighted by molar-refractivity contribution is 7.26. The average Bonchev–Trinajstić information content (AvgIpc) is 3.50. The fraction of sp³-hybridized carbons (Fsp3) is 0. The fourth-order valence-electron chi connectivity index (χ4n) is 6.28. The number of fused-ring (bicyclic) bond motifs is 6. The van der Waals surface area contributed by atoms with Crippen molar-refractivity contribution in [2.75, 3.05) is 0 Å². The van der Waals surface area contributed by atoms with E-state index in [1.807, 2.05) is 53.9 Å². The van der Waals surface area contributed by atoms with Gasteiger partial charge in [-0.25, -0.2) is 9.97 Å². The normalized spacial score (nSPS) is 11.6. The molecule has 0 saturated heterocycles. The Labute approximate surface area is 264 Å². The number of benzene rings is 5. The average molecular weight is 592 g/mol. The van der Waals surface area contributed by atoms with Crippen molar-refractivity contribution in [3.05, 3.63) is 152 Å². The number of pyridine rings is 3. The van der Waals surface area contributed by atoms with Crippen LogP contribution in [-0.2, 0) is 0 Å². The van der Waals surface area contributed by atoms with Gasteiger partial charge in [0, 0.05) is 53.8 Å². The van der Waals surface area contributed by atoms with Crippen LogP contribution >= 0.6 is 11.3 Å². The third kappa shape index (κ3) is 4.46. The van der Waals surface area contributed by atoms with E-state index in [2.05, 4.69) is 114 Å². The lowest BCUT2D eigenvalue weighted by molar-refractivity contribution is 1.33. The molecule has 4 heteroatoms. The monoisotopic (exact) mass is 591 g/mol. The zero-order valence-electron chi connectivity index (χ0n) is 24.2. The first-order valence-electron chi connectivity index (χ1n) is 15.0. The highest BCUT2D eigenvalue weighted by atomic mass is 32.1. The van der Waals surface area contributed by atoms with E-state index in [1.54, 1.807) is 0 Å². The van der Waals surface area contributed by atoms with Gasteiger partial charge in [0.25, 0.3) is 0 Å². The van der Waals surface area contributed by atoms with Crippen LogP contribution in [0.5, 0.6) is 0 Å². The molecule has 4 aromatic heterocycles. The van der Waals surface area contributed by atoms with E-state index in [1.165, 1.54) is 31.3 Å². The predicted molar refractivity (Wildman–Crippen MR) is 189 cm³/mol. The maximum Gasteiger partial charge on any atom is 0.0972 e. The lowest BCUT2D eigenvalue weighted by Gasteiger charge is -2.09. The van der Waals surface area contributed by atoms with Gasteiger partial charge in [-0.1, -0.05) is 103 Å². The van der Waals surface area contributed by atoms with Crippen LogP contribution in [0.3, 0.4) is 0 Å². The Morgan fingerprint density at radius 2 is 1.07 bits per heavy atom. The summed E-state index contributed by atoms with van der Waals surface area (Å²) in [5.74, 6) is 0. The summed E-state index contributed by atoms with van der Waals surface area (Å²) in [6.45, 7) is 0. The summed E-state index contributed by atoms with van der Waals surface area (Å²) in [5.41, 5.74) is 10.5. The summed E-state index contributed by atoms with van der Waals surface area (Å²) >= 11 is 1.84. The number of hydrogen-bond donors (Lipinski definition) is 0. The van der Waals surface area contributed by atoms with Crippen molar-refractivity contribution in [1.82, 2.24) is 15.0 Å². The molecule has 4 heterocycles. The molecule has 3 nitrogen and oxygen atoms in total. The molecule has 0 bridgehead atoms. The van der Waals surface area contributed by atoms with Crippen LogP contribution in [-0.4, -0.2) is 15.0 Å². The van der Waals surface area contributed by atoms with Gasteiger partial charge in [0.2, 0.25) is 0 Å². The Hall–Kier alpha value is -5.71. The van der Waals surface area contributed by atoms with E-state index < -0.39 is 0 Å². The molecular weight excluding hydrogens is 567 g/mol. The van der Waals surface area contributed by atoms with Crippen LogP contribution in [0.25, 0.3) is 86.9 Å². The molecule has 0 spiro atoms. The third-order valence-corrected chi connectivity index (χ3v) is 9.67. The van der Waals surface area contributed by atoms with Crippen LogP contribution in [0.1, 0.15) is 0 Å². The van der Waals surface area contributed by atoms with Crippen molar-refractivity contribution in [3.63, 3.8) is 0 Å². The second-order valence-corrected chi connectivity index (χ2v) is 12.3. The number of thiophene rings is 1. The topological polar surface area (TPSA) is 38.7 Å². The van der Waals surface area contributed by atoms with Gasteiger partial charge in [-0.15, -0.1) is 11.3 Å². The Morgan fingerprint density at radius 1 is 0.422 bits per heavy atom. The first kappa shape index (κ1) is 25.8. The van der Waals surface area contributed by atoms with E-state index in [9.17, 15) is 0 Å². The molecule has 0 aliphatic rings. The number of nitrogens with zero attached hydrogens (tertiary/aromatic N) is 3. The van der Waals surface area contributed by atoms with Crippen molar-refractivity contribution in [2.45, 2.75) is 0 Å². The van der Waals surface area contributed by atoms with Crippen molar-refractivity contribution in [3.8, 4) is 44.9 Å². The molecule has 9 aromatic rings. The molecule has 0 fully saturated rings. The Balaban J connectivity index is 1.18. The Kier molecular flexibility index (Phi) is 6.00. The van der Waals surface area contributed by atoms with Gasteiger partial charge >= 0.3 is 0 Å². The van der Waals surface area contributed by atoms with Crippen molar-refractivity contribution in [2.24, 2.45) is 0 Å². The third-order valence-electron chi connectivity index (χ3n) is 8.54. The van der Waals surface area contributed by atoms with E-state index in [0.717, 1.165) is 55.6 Å². The maximum atomic E-state index is 5.23. The SMILES string of the molecule is c1ccc(-c2ccc3ccc4ccc(-c5ccc6sc7cccc(-c8ccc(-c9ccccn9)cc8)c7c6c5)nc4c3n2)cc1. The quantitative estimate of drug-likeness (QED) is 0.191. The molecule has 0 radical (unpaired) electrons. The lowest BCUT2D eigenvalue weighted by Crippen LogP contribution is -1.91. The van der Waals surface area contributed by atoms with Gasteiger partial charge in [-0.3, -0.25) is 4.98 Å². The highest BCUT2D eigenvalue weighted by Gasteiger charge is 2.14. The van der Waals surface area contributed by atoms with Crippen molar-refractivity contribution >= 4 is 53.3 Å². The molecule has 45 heavy (non-hydrogen) atoms. The summed E-state index contributed by atoms with van der Waals surface area (Å²) in [6.07, 6.45) is 1.84. The standard InChI is InChI=1S/C41H25N3S/c1-2-7-27(8-3-1)35-21-18-29-16-17-30-19-22-36(44-41(30)40(29)43-35)31-20-23-37-33(25-31)39-32(9-6-11-38(39)45-37)26-12-14-28(15-13-26)34-10-4-5-24-42-34/h1-25H. The van der Waals surface area contributed by atoms with Crippen LogP contribution in [0.2, 0.25) is 0 Å². The molecule has 0 N–H and O–H groups in total. The number of aromatic nitrogens is 3. The molecule has 0 saturated carbocycles. The maximum absolute atomic E-state index is 5.23. The van der Waals surface area contributed by atoms with E-state index in [-0.39, 0.29) is 0 Å². The van der Waals surface area contributed by atoms with Crippen LogP contribution in [0.15, 0.2) is 152 Å². The molecule has 0 aliphatic carbocycles. The second-order valence-electron chi connectivity index (χ2n) is 11.3. The van der Waals surface area contributed by atoms with Crippen molar-refractivity contribution < 1.29 is 0 Å². The lowest BCUT2D eigenvalue weighted by atomic mass is 9.97. The molecule has 0 amide bonds. The van der Waals surface area contributed by atoms with Crippen molar-refractivity contribution in [1.29, 1.82) is 0 Å². The Bertz CT molecular complexity index is 2520. The molecule has 0 aliphatic heterocycles. The molecule has 0 unspecified atom stereocenters. The smallest absolute Gasteiger partial charge is 0.0972 e. The summed E-state index contributed by atoms with van der Waals surface area (Å²) in [5, 5.41) is 4.71. The molecular formula is C41H25N3S. The number of hydrogen-bond acceptors (Lipinski definition) is 4. The highest BCUT2D eigenvalue weighted by Crippen LogP contribution is 2.42. The predicted octanol–water partition coefficient (Wildman–Crippen LogP) is 11.2. The molecule has 9 rings (SSSR count). The summed E-state index contributed by atoms with van der Waals surface area (Å²) in [4.78, 5) is 14.8. The van der Waals surface area contributed by atoms with Crippen LogP contribution in [0, 0.1) is 0 Å². The fourth-order valence-corrected chi connectivity index (χ4v) is 7.39. The molecule has 210 valence electrons. The van der Waals surface area contributed by atoms with Crippen LogP contribution < -0.4 is 0 Å². The zero-order chi connectivity index (χ0) is 29.7. The van der Waals surface area contributed by atoms with E-state index >= 15 is 0 Å².